The van der Waals surface area contributed by atoms with Gasteiger partial charge in [-0.1, -0.05) is 12.1 Å². The van der Waals surface area contributed by atoms with Crippen LogP contribution in [0.3, 0.4) is 0 Å². The summed E-state index contributed by atoms with van der Waals surface area (Å²) < 4.78 is 15.8. The first-order chi connectivity index (χ1) is 11.5. The van der Waals surface area contributed by atoms with Gasteiger partial charge in [0.25, 0.3) is 0 Å². The number of hydrogen-bond acceptors (Lipinski definition) is 5. The fraction of sp³-hybridized carbons (Fsp3) is 0.333. The Kier molecular flexibility index (Phi) is 5.63. The van der Waals surface area contributed by atoms with Crippen LogP contribution in [0.5, 0.6) is 11.5 Å². The van der Waals surface area contributed by atoms with Crippen molar-refractivity contribution in [2.24, 2.45) is 0 Å². The second kappa shape index (κ2) is 7.68. The molecule has 2 rings (SSSR count). The van der Waals surface area contributed by atoms with E-state index in [-0.39, 0.29) is 19.0 Å². The first-order valence-corrected chi connectivity index (χ1v) is 7.64. The second-order valence-corrected chi connectivity index (χ2v) is 5.21. The van der Waals surface area contributed by atoms with E-state index >= 15 is 0 Å². The summed E-state index contributed by atoms with van der Waals surface area (Å²) in [6, 6.07) is 7.09. The van der Waals surface area contributed by atoms with Gasteiger partial charge in [-0.25, -0.2) is 4.79 Å². The topological polar surface area (TPSA) is 77.6 Å². The number of para-hydroxylation sites is 2. The number of aromatic nitrogens is 1. The highest BCUT2D eigenvalue weighted by molar-refractivity contribution is 6.02. The smallest absolute Gasteiger partial charge is 0.340 e. The number of aryl methyl sites for hydroxylation is 1. The molecule has 6 heteroatoms. The standard InChI is InChI=1S/C18H21NO5/c1-5-23-18(21)16-11(2)17(19-12(16)3)13(20)10-24-15-9-7-6-8-14(15)22-4/h6-9,19H,5,10H2,1-4H3. The van der Waals surface area contributed by atoms with Crippen LogP contribution in [0.1, 0.15) is 39.0 Å². The number of nitrogens with one attached hydrogen (secondary N) is 1. The van der Waals surface area contributed by atoms with E-state index in [2.05, 4.69) is 4.98 Å². The number of ketones is 1. The van der Waals surface area contributed by atoms with Crippen LogP contribution < -0.4 is 9.47 Å². The molecule has 0 amide bonds. The van der Waals surface area contributed by atoms with Gasteiger partial charge < -0.3 is 19.2 Å². The third-order valence-corrected chi connectivity index (χ3v) is 3.62. The van der Waals surface area contributed by atoms with Crippen LogP contribution in [0, 0.1) is 13.8 Å². The fourth-order valence-corrected chi connectivity index (χ4v) is 2.49. The molecule has 1 aromatic carbocycles. The van der Waals surface area contributed by atoms with Crippen LogP contribution in [-0.4, -0.2) is 37.1 Å². The molecule has 1 heterocycles. The van der Waals surface area contributed by atoms with Gasteiger partial charge in [0, 0.05) is 5.69 Å². The molecule has 1 N–H and O–H groups in total. The molecule has 2 aromatic rings. The molecule has 0 radical (unpaired) electrons. The van der Waals surface area contributed by atoms with E-state index < -0.39 is 5.97 Å². The number of ether oxygens (including phenoxy) is 3. The summed E-state index contributed by atoms with van der Waals surface area (Å²) in [5.41, 5.74) is 1.93. The highest BCUT2D eigenvalue weighted by Gasteiger charge is 2.23. The second-order valence-electron chi connectivity index (χ2n) is 5.21. The lowest BCUT2D eigenvalue weighted by Gasteiger charge is -2.09. The summed E-state index contributed by atoms with van der Waals surface area (Å²) in [6.45, 7) is 5.30. The molecule has 0 fully saturated rings. The minimum absolute atomic E-state index is 0.163. The third kappa shape index (κ3) is 3.59. The lowest BCUT2D eigenvalue weighted by Crippen LogP contribution is -2.14. The normalized spacial score (nSPS) is 10.3. The lowest BCUT2D eigenvalue weighted by molar-refractivity contribution is 0.0525. The zero-order valence-corrected chi connectivity index (χ0v) is 14.3. The average molecular weight is 331 g/mol. The highest BCUT2D eigenvalue weighted by atomic mass is 16.5. The number of carbonyl (C=O) groups excluding carboxylic acids is 2. The Morgan fingerprint density at radius 1 is 1.12 bits per heavy atom. The van der Waals surface area contributed by atoms with E-state index in [1.807, 2.05) is 6.07 Å². The zero-order valence-electron chi connectivity index (χ0n) is 14.3. The Labute approximate surface area is 140 Å². The van der Waals surface area contributed by atoms with Gasteiger partial charge in [-0.15, -0.1) is 0 Å². The van der Waals surface area contributed by atoms with Crippen LogP contribution in [0.2, 0.25) is 0 Å². The Bertz CT molecular complexity index is 748. The Morgan fingerprint density at radius 2 is 1.79 bits per heavy atom. The average Bonchev–Trinajstić information content (AvgIpc) is 2.87. The molecule has 0 saturated carbocycles. The fourth-order valence-electron chi connectivity index (χ4n) is 2.49. The summed E-state index contributed by atoms with van der Waals surface area (Å²) in [5.74, 6) is 0.349. The lowest BCUT2D eigenvalue weighted by atomic mass is 10.1. The predicted molar refractivity (Wildman–Crippen MR) is 89.0 cm³/mol. The van der Waals surface area contributed by atoms with Crippen molar-refractivity contribution >= 4 is 11.8 Å². The summed E-state index contributed by atoms with van der Waals surface area (Å²) >= 11 is 0. The predicted octanol–water partition coefficient (Wildman–Crippen LogP) is 3.08. The van der Waals surface area contributed by atoms with Crippen molar-refractivity contribution in [2.45, 2.75) is 20.8 Å². The van der Waals surface area contributed by atoms with E-state index in [0.29, 0.717) is 34.0 Å². The molecule has 0 aliphatic carbocycles. The molecule has 0 atom stereocenters. The molecule has 0 aliphatic rings. The Balaban J connectivity index is 2.16. The van der Waals surface area contributed by atoms with Crippen molar-refractivity contribution < 1.29 is 23.8 Å². The van der Waals surface area contributed by atoms with Gasteiger partial charge in [0.15, 0.2) is 18.1 Å². The van der Waals surface area contributed by atoms with Crippen molar-refractivity contribution in [3.63, 3.8) is 0 Å². The number of hydrogen-bond donors (Lipinski definition) is 1. The van der Waals surface area contributed by atoms with E-state index in [9.17, 15) is 9.59 Å². The molecule has 128 valence electrons. The number of methoxy groups -OCH3 is 1. The number of H-pyrrole nitrogens is 1. The highest BCUT2D eigenvalue weighted by Crippen LogP contribution is 2.26. The Hall–Kier alpha value is -2.76. The quantitative estimate of drug-likeness (QED) is 0.623. The van der Waals surface area contributed by atoms with Gasteiger partial charge in [0.05, 0.1) is 25.0 Å². The molecule has 0 bridgehead atoms. The van der Waals surface area contributed by atoms with Gasteiger partial charge in [0.1, 0.15) is 0 Å². The number of carbonyl (C=O) groups is 2. The number of esters is 1. The summed E-state index contributed by atoms with van der Waals surface area (Å²) in [5, 5.41) is 0. The van der Waals surface area contributed by atoms with Gasteiger partial charge in [-0.3, -0.25) is 4.79 Å². The Morgan fingerprint density at radius 3 is 2.42 bits per heavy atom. The molecule has 1 aromatic heterocycles. The van der Waals surface area contributed by atoms with Gasteiger partial charge in [-0.05, 0) is 38.5 Å². The number of benzene rings is 1. The maximum atomic E-state index is 12.4. The van der Waals surface area contributed by atoms with Gasteiger partial charge in [0.2, 0.25) is 5.78 Å². The molecule has 0 unspecified atom stereocenters. The molecular weight excluding hydrogens is 310 g/mol. The van der Waals surface area contributed by atoms with E-state index in [1.165, 1.54) is 7.11 Å². The number of aromatic amines is 1. The van der Waals surface area contributed by atoms with Crippen molar-refractivity contribution in [2.75, 3.05) is 20.3 Å². The van der Waals surface area contributed by atoms with Crippen molar-refractivity contribution in [3.05, 3.63) is 46.8 Å². The third-order valence-electron chi connectivity index (χ3n) is 3.62. The van der Waals surface area contributed by atoms with Crippen molar-refractivity contribution in [1.29, 1.82) is 0 Å². The van der Waals surface area contributed by atoms with Crippen molar-refractivity contribution in [1.82, 2.24) is 4.98 Å². The summed E-state index contributed by atoms with van der Waals surface area (Å²) in [6.07, 6.45) is 0. The van der Waals surface area contributed by atoms with Gasteiger partial charge in [-0.2, -0.15) is 0 Å². The van der Waals surface area contributed by atoms with E-state index in [4.69, 9.17) is 14.2 Å². The summed E-state index contributed by atoms with van der Waals surface area (Å²) in [7, 11) is 1.54. The van der Waals surface area contributed by atoms with Crippen LogP contribution >= 0.6 is 0 Å². The van der Waals surface area contributed by atoms with Crippen LogP contribution in [-0.2, 0) is 4.74 Å². The first-order valence-electron chi connectivity index (χ1n) is 7.64. The number of Topliss-reactive ketones (excluding diaryl/α,β-unsaturated/α-hetero) is 1. The summed E-state index contributed by atoms with van der Waals surface area (Å²) in [4.78, 5) is 27.4. The monoisotopic (exact) mass is 331 g/mol. The minimum atomic E-state index is -0.437. The van der Waals surface area contributed by atoms with Crippen molar-refractivity contribution in [3.8, 4) is 11.5 Å². The largest absolute Gasteiger partial charge is 0.493 e. The van der Waals surface area contributed by atoms with E-state index in [0.717, 1.165) is 0 Å². The SMILES string of the molecule is CCOC(=O)c1c(C)[nH]c(C(=O)COc2ccccc2OC)c1C. The van der Waals surface area contributed by atoms with Gasteiger partial charge >= 0.3 is 5.97 Å². The molecule has 0 saturated heterocycles. The molecule has 0 spiro atoms. The minimum Gasteiger partial charge on any atom is -0.493 e. The molecular formula is C18H21NO5. The number of rotatable bonds is 7. The molecule has 24 heavy (non-hydrogen) atoms. The van der Waals surface area contributed by atoms with Crippen LogP contribution in [0.25, 0.3) is 0 Å². The zero-order chi connectivity index (χ0) is 17.7. The van der Waals surface area contributed by atoms with Crippen LogP contribution in [0.15, 0.2) is 24.3 Å². The van der Waals surface area contributed by atoms with E-state index in [1.54, 1.807) is 39.0 Å². The maximum Gasteiger partial charge on any atom is 0.340 e. The first kappa shape index (κ1) is 17.6. The molecule has 6 nitrogen and oxygen atoms in total. The molecule has 0 aliphatic heterocycles. The van der Waals surface area contributed by atoms with Crippen LogP contribution in [0.4, 0.5) is 0 Å². The maximum absolute atomic E-state index is 12.4.